The fraction of sp³-hybridized carbons (Fsp3) is 0.125. The molecule has 0 saturated carbocycles. The van der Waals surface area contributed by atoms with Crippen LogP contribution in [0.2, 0.25) is 0 Å². The number of aromatic nitrogens is 3. The maximum absolute atomic E-state index is 12.3. The average molecular weight is 263 g/mol. The maximum atomic E-state index is 12.3. The first-order valence-electron chi connectivity index (χ1n) is 4.05. The van der Waals surface area contributed by atoms with Gasteiger partial charge in [0.25, 0.3) is 0 Å². The molecule has 0 radical (unpaired) electrons. The lowest BCUT2D eigenvalue weighted by molar-refractivity contribution is -0.137. The summed E-state index contributed by atoms with van der Waals surface area (Å²) in [6.45, 7) is 0. The highest BCUT2D eigenvalue weighted by molar-refractivity contribution is 7.71. The molecule has 1 N–H and O–H groups in total. The van der Waals surface area contributed by atoms with Gasteiger partial charge >= 0.3 is 6.18 Å². The van der Waals surface area contributed by atoms with Crippen molar-refractivity contribution in [1.82, 2.24) is 15.0 Å². The molecule has 0 amide bonds. The van der Waals surface area contributed by atoms with Crippen LogP contribution < -0.4 is 0 Å². The molecule has 0 bridgehead atoms. The third-order valence-corrected chi connectivity index (χ3v) is 2.99. The number of nitrogens with one attached hydrogen (secondary N) is 1. The zero-order valence-corrected chi connectivity index (χ0v) is 9.21. The van der Waals surface area contributed by atoms with E-state index in [1.807, 2.05) is 0 Å². The Kier molecular flexibility index (Phi) is 2.76. The predicted molar refractivity (Wildman–Crippen MR) is 55.5 cm³/mol. The van der Waals surface area contributed by atoms with Crippen molar-refractivity contribution >= 4 is 23.6 Å². The third-order valence-electron chi connectivity index (χ3n) is 1.69. The van der Waals surface area contributed by atoms with Crippen LogP contribution in [0.25, 0.3) is 10.6 Å². The highest BCUT2D eigenvalue weighted by Crippen LogP contribution is 2.35. The number of H-pyrrole nitrogens is 1. The van der Waals surface area contributed by atoms with E-state index in [2.05, 4.69) is 15.0 Å². The van der Waals surface area contributed by atoms with Crippen LogP contribution in [0, 0.1) is 4.64 Å². The quantitative estimate of drug-likeness (QED) is 0.803. The Balaban J connectivity index is 2.43. The number of nitrogens with zero attached hydrogens (tertiary/aromatic N) is 2. The molecule has 2 aromatic heterocycles. The molecule has 0 atom stereocenters. The SMILES string of the molecule is FC(F)(F)c1ncc(-c2cc(=S)nc[nH]2)s1. The van der Waals surface area contributed by atoms with E-state index in [4.69, 9.17) is 12.2 Å². The van der Waals surface area contributed by atoms with Gasteiger partial charge in [0.2, 0.25) is 0 Å². The van der Waals surface area contributed by atoms with Crippen molar-refractivity contribution in [3.8, 4) is 10.6 Å². The molecule has 2 heterocycles. The Hall–Kier alpha value is -1.28. The molecule has 0 aliphatic carbocycles. The van der Waals surface area contributed by atoms with Crippen LogP contribution in [-0.4, -0.2) is 15.0 Å². The summed E-state index contributed by atoms with van der Waals surface area (Å²) in [5, 5.41) is -0.876. The Morgan fingerprint density at radius 2 is 2.06 bits per heavy atom. The van der Waals surface area contributed by atoms with Crippen molar-refractivity contribution in [2.75, 3.05) is 0 Å². The van der Waals surface area contributed by atoms with Gasteiger partial charge in [-0.05, 0) is 6.07 Å². The van der Waals surface area contributed by atoms with E-state index in [0.29, 0.717) is 26.5 Å². The standard InChI is InChI=1S/C8H4F3N3S2/c9-8(10,11)7-12-2-5(16-7)4-1-6(15)14-3-13-4/h1-3H,(H,13,14,15). The zero-order valence-electron chi connectivity index (χ0n) is 7.58. The summed E-state index contributed by atoms with van der Waals surface area (Å²) in [4.78, 5) is 10.1. The van der Waals surface area contributed by atoms with Crippen molar-refractivity contribution in [3.63, 3.8) is 0 Å². The van der Waals surface area contributed by atoms with Gasteiger partial charge in [-0.25, -0.2) is 9.97 Å². The van der Waals surface area contributed by atoms with Crippen LogP contribution in [0.1, 0.15) is 5.01 Å². The largest absolute Gasteiger partial charge is 0.443 e. The van der Waals surface area contributed by atoms with Crippen LogP contribution in [0.4, 0.5) is 13.2 Å². The molecule has 0 fully saturated rings. The van der Waals surface area contributed by atoms with E-state index < -0.39 is 11.2 Å². The Morgan fingerprint density at radius 3 is 2.62 bits per heavy atom. The second-order valence-corrected chi connectivity index (χ2v) is 4.28. The lowest BCUT2D eigenvalue weighted by Gasteiger charge is -1.99. The van der Waals surface area contributed by atoms with Crippen LogP contribution in [0.3, 0.4) is 0 Å². The van der Waals surface area contributed by atoms with Gasteiger partial charge in [0, 0.05) is 6.20 Å². The molecule has 3 nitrogen and oxygen atoms in total. The minimum Gasteiger partial charge on any atom is -0.345 e. The van der Waals surface area contributed by atoms with E-state index in [9.17, 15) is 13.2 Å². The number of alkyl halides is 3. The summed E-state index contributed by atoms with van der Waals surface area (Å²) in [6, 6.07) is 1.49. The number of hydrogen-bond acceptors (Lipinski definition) is 4. The lowest BCUT2D eigenvalue weighted by atomic mass is 10.4. The average Bonchev–Trinajstić information content (AvgIpc) is 2.65. The van der Waals surface area contributed by atoms with Crippen LogP contribution in [0.15, 0.2) is 18.6 Å². The Labute approximate surface area is 97.0 Å². The first-order chi connectivity index (χ1) is 7.47. The minimum absolute atomic E-state index is 0.315. The van der Waals surface area contributed by atoms with E-state index in [1.165, 1.54) is 12.4 Å². The fourth-order valence-electron chi connectivity index (χ4n) is 1.04. The summed E-state index contributed by atoms with van der Waals surface area (Å²) in [5.74, 6) is 0. The summed E-state index contributed by atoms with van der Waals surface area (Å²) < 4.78 is 37.2. The first-order valence-corrected chi connectivity index (χ1v) is 5.27. The molecule has 8 heteroatoms. The molecule has 0 spiro atoms. The van der Waals surface area contributed by atoms with Crippen molar-refractivity contribution in [2.45, 2.75) is 6.18 Å². The van der Waals surface area contributed by atoms with Gasteiger partial charge in [0.05, 0.1) is 16.9 Å². The van der Waals surface area contributed by atoms with Crippen LogP contribution in [0.5, 0.6) is 0 Å². The summed E-state index contributed by atoms with van der Waals surface area (Å²) in [6.07, 6.45) is -1.91. The number of aromatic amines is 1. The zero-order chi connectivity index (χ0) is 11.8. The second kappa shape index (κ2) is 3.95. The predicted octanol–water partition coefficient (Wildman–Crippen LogP) is 3.28. The van der Waals surface area contributed by atoms with Crippen LogP contribution >= 0.6 is 23.6 Å². The number of hydrogen-bond donors (Lipinski definition) is 1. The molecule has 0 aliphatic heterocycles. The van der Waals surface area contributed by atoms with Gasteiger partial charge in [0.1, 0.15) is 4.64 Å². The Morgan fingerprint density at radius 1 is 1.31 bits per heavy atom. The van der Waals surface area contributed by atoms with Crippen molar-refractivity contribution in [3.05, 3.63) is 28.2 Å². The summed E-state index contributed by atoms with van der Waals surface area (Å²) in [7, 11) is 0. The van der Waals surface area contributed by atoms with Gasteiger partial charge in [-0.1, -0.05) is 12.2 Å². The Bertz CT molecular complexity index is 558. The molecule has 2 aromatic rings. The molecule has 0 saturated heterocycles. The highest BCUT2D eigenvalue weighted by Gasteiger charge is 2.34. The number of halogens is 3. The third kappa shape index (κ3) is 2.27. The molecule has 84 valence electrons. The summed E-state index contributed by atoms with van der Waals surface area (Å²) >= 11 is 5.37. The van der Waals surface area contributed by atoms with Crippen LogP contribution in [-0.2, 0) is 6.18 Å². The maximum Gasteiger partial charge on any atom is 0.443 e. The van der Waals surface area contributed by atoms with Gasteiger partial charge < -0.3 is 4.98 Å². The second-order valence-electron chi connectivity index (χ2n) is 2.83. The van der Waals surface area contributed by atoms with Gasteiger partial charge in [0.15, 0.2) is 5.01 Å². The molecule has 2 rings (SSSR count). The van der Waals surface area contributed by atoms with Crippen molar-refractivity contribution in [2.24, 2.45) is 0 Å². The molecular formula is C8H4F3N3S2. The first kappa shape index (κ1) is 11.2. The minimum atomic E-state index is -4.41. The highest BCUT2D eigenvalue weighted by atomic mass is 32.1. The van der Waals surface area contributed by atoms with E-state index >= 15 is 0 Å². The number of rotatable bonds is 1. The normalized spacial score (nSPS) is 11.7. The molecule has 0 aromatic carbocycles. The smallest absolute Gasteiger partial charge is 0.345 e. The van der Waals surface area contributed by atoms with E-state index in [1.54, 1.807) is 0 Å². The van der Waals surface area contributed by atoms with Crippen molar-refractivity contribution in [1.29, 1.82) is 0 Å². The fourth-order valence-corrected chi connectivity index (χ4v) is 1.97. The summed E-state index contributed by atoms with van der Waals surface area (Å²) in [5.41, 5.74) is 0.480. The van der Waals surface area contributed by atoms with E-state index in [-0.39, 0.29) is 0 Å². The molecular weight excluding hydrogens is 259 g/mol. The van der Waals surface area contributed by atoms with Gasteiger partial charge in [-0.2, -0.15) is 13.2 Å². The lowest BCUT2D eigenvalue weighted by Crippen LogP contribution is -2.02. The topological polar surface area (TPSA) is 41.6 Å². The van der Waals surface area contributed by atoms with Crippen molar-refractivity contribution < 1.29 is 13.2 Å². The number of thiazole rings is 1. The van der Waals surface area contributed by atoms with Gasteiger partial charge in [-0.3, -0.25) is 0 Å². The van der Waals surface area contributed by atoms with E-state index in [0.717, 1.165) is 6.20 Å². The molecule has 0 unspecified atom stereocenters. The van der Waals surface area contributed by atoms with Gasteiger partial charge in [-0.15, -0.1) is 11.3 Å². The molecule has 0 aliphatic rings. The molecule has 16 heavy (non-hydrogen) atoms. The monoisotopic (exact) mass is 263 g/mol.